The third kappa shape index (κ3) is 4.20. The largest absolute Gasteiger partial charge is 0.341 e. The topological polar surface area (TPSA) is 31.9 Å². The first-order valence-corrected chi connectivity index (χ1v) is 9.32. The molecule has 0 amide bonds. The van der Waals surface area contributed by atoms with E-state index >= 15 is 0 Å². The maximum Gasteiger partial charge on any atom is 0.137 e. The van der Waals surface area contributed by atoms with Crippen LogP contribution in [-0.4, -0.2) is 28.0 Å². The fourth-order valence-corrected chi connectivity index (χ4v) is 3.76. The van der Waals surface area contributed by atoms with Gasteiger partial charge in [0.05, 0.1) is 0 Å². The zero-order chi connectivity index (χ0) is 17.8. The van der Waals surface area contributed by atoms with Crippen LogP contribution in [0.3, 0.4) is 0 Å². The number of hydrogen-bond acceptors (Lipinski definition) is 2. The number of hydrogen-bond donors (Lipinski definition) is 1. The van der Waals surface area contributed by atoms with E-state index in [2.05, 4.69) is 45.2 Å². The molecule has 134 valence electrons. The van der Waals surface area contributed by atoms with Gasteiger partial charge in [0.2, 0.25) is 0 Å². The van der Waals surface area contributed by atoms with E-state index in [9.17, 15) is 4.39 Å². The average molecular weight is 349 g/mol. The molecule has 0 atom stereocenters. The third-order valence-corrected chi connectivity index (χ3v) is 5.19. The molecule has 4 heteroatoms. The lowest BCUT2D eigenvalue weighted by Crippen LogP contribution is -2.33. The number of piperidine rings is 1. The number of nitrogens with zero attached hydrogens (tertiary/aromatic N) is 2. The summed E-state index contributed by atoms with van der Waals surface area (Å²) in [5.74, 6) is 1.28. The zero-order valence-electron chi connectivity index (χ0n) is 14.9. The van der Waals surface area contributed by atoms with Gasteiger partial charge in [-0.25, -0.2) is 9.37 Å². The number of H-pyrrole nitrogens is 1. The Balaban J connectivity index is 1.31. The second-order valence-corrected chi connectivity index (χ2v) is 7.18. The molecule has 4 rings (SSSR count). The van der Waals surface area contributed by atoms with Gasteiger partial charge in [-0.3, -0.25) is 4.90 Å². The summed E-state index contributed by atoms with van der Waals surface area (Å²) in [5, 5.41) is 0. The van der Waals surface area contributed by atoms with E-state index in [1.54, 1.807) is 6.07 Å². The number of imidazole rings is 1. The van der Waals surface area contributed by atoms with Crippen molar-refractivity contribution in [3.05, 3.63) is 77.9 Å². The lowest BCUT2D eigenvalue weighted by Gasteiger charge is -2.31. The number of rotatable bonds is 5. The molecule has 0 saturated carbocycles. The molecule has 3 nitrogen and oxygen atoms in total. The Bertz CT molecular complexity index is 835. The van der Waals surface area contributed by atoms with Crippen molar-refractivity contribution in [1.29, 1.82) is 0 Å². The molecule has 1 fully saturated rings. The molecule has 0 radical (unpaired) electrons. The van der Waals surface area contributed by atoms with Gasteiger partial charge in [0.25, 0.3) is 0 Å². The minimum absolute atomic E-state index is 0.235. The van der Waals surface area contributed by atoms with Crippen molar-refractivity contribution in [3.63, 3.8) is 0 Å². The standard InChI is InChI=1S/C22H24FN3/c23-20-8-4-7-19(14-20)22-24-15-21(25-22)16-26-11-9-18(10-12-26)13-17-5-2-1-3-6-17/h1-8,14-15,18H,9-13,16H2,(H,24,25). The Morgan fingerprint density at radius 3 is 2.62 bits per heavy atom. The number of aromatic nitrogens is 2. The van der Waals surface area contributed by atoms with Crippen molar-refractivity contribution < 1.29 is 4.39 Å². The van der Waals surface area contributed by atoms with Gasteiger partial charge in [-0.15, -0.1) is 0 Å². The molecular weight excluding hydrogens is 325 g/mol. The summed E-state index contributed by atoms with van der Waals surface area (Å²) in [6, 6.07) is 17.3. The number of benzene rings is 2. The van der Waals surface area contributed by atoms with E-state index in [0.717, 1.165) is 42.6 Å². The molecule has 0 spiro atoms. The van der Waals surface area contributed by atoms with Gasteiger partial charge >= 0.3 is 0 Å². The fourth-order valence-electron chi connectivity index (χ4n) is 3.76. The molecular formula is C22H24FN3. The van der Waals surface area contributed by atoms with Crippen LogP contribution in [0.1, 0.15) is 24.1 Å². The van der Waals surface area contributed by atoms with Gasteiger partial charge in [0.15, 0.2) is 0 Å². The summed E-state index contributed by atoms with van der Waals surface area (Å²) in [6.45, 7) is 3.11. The Morgan fingerprint density at radius 1 is 1.04 bits per heavy atom. The van der Waals surface area contributed by atoms with Gasteiger partial charge in [-0.1, -0.05) is 42.5 Å². The van der Waals surface area contributed by atoms with Crippen molar-refractivity contribution in [2.45, 2.75) is 25.8 Å². The highest BCUT2D eigenvalue weighted by molar-refractivity contribution is 5.54. The highest BCUT2D eigenvalue weighted by Crippen LogP contribution is 2.23. The summed E-state index contributed by atoms with van der Waals surface area (Å²) in [5.41, 5.74) is 3.32. The quantitative estimate of drug-likeness (QED) is 0.726. The molecule has 26 heavy (non-hydrogen) atoms. The Hall–Kier alpha value is -2.46. The van der Waals surface area contributed by atoms with Crippen LogP contribution in [0.15, 0.2) is 60.8 Å². The van der Waals surface area contributed by atoms with Crippen LogP contribution in [0.2, 0.25) is 0 Å². The Morgan fingerprint density at radius 2 is 1.85 bits per heavy atom. The van der Waals surface area contributed by atoms with Gasteiger partial charge in [-0.2, -0.15) is 0 Å². The minimum atomic E-state index is -0.235. The van der Waals surface area contributed by atoms with E-state index in [-0.39, 0.29) is 5.82 Å². The molecule has 1 saturated heterocycles. The van der Waals surface area contributed by atoms with Gasteiger partial charge in [0, 0.05) is 24.0 Å². The molecule has 1 aliphatic heterocycles. The van der Waals surface area contributed by atoms with Crippen LogP contribution in [0.25, 0.3) is 11.4 Å². The van der Waals surface area contributed by atoms with Crippen LogP contribution >= 0.6 is 0 Å². The predicted octanol–water partition coefficient (Wildman–Crippen LogP) is 4.67. The Labute approximate surface area is 153 Å². The van der Waals surface area contributed by atoms with Crippen molar-refractivity contribution in [2.75, 3.05) is 13.1 Å². The van der Waals surface area contributed by atoms with E-state index in [1.807, 2.05) is 12.3 Å². The third-order valence-electron chi connectivity index (χ3n) is 5.19. The smallest absolute Gasteiger partial charge is 0.137 e. The van der Waals surface area contributed by atoms with Crippen LogP contribution < -0.4 is 0 Å². The molecule has 0 bridgehead atoms. The number of nitrogens with one attached hydrogen (secondary N) is 1. The van der Waals surface area contributed by atoms with Crippen LogP contribution in [0.4, 0.5) is 4.39 Å². The van der Waals surface area contributed by atoms with E-state index in [0.29, 0.717) is 0 Å². The number of halogens is 1. The Kier molecular flexibility index (Phi) is 5.12. The lowest BCUT2D eigenvalue weighted by molar-refractivity contribution is 0.175. The SMILES string of the molecule is Fc1cccc(-c2ncc(CN3CCC(Cc4ccccc4)CC3)[nH]2)c1. The molecule has 1 aliphatic rings. The maximum atomic E-state index is 13.4. The molecule has 2 aromatic carbocycles. The molecule has 2 heterocycles. The molecule has 0 unspecified atom stereocenters. The maximum absolute atomic E-state index is 13.4. The first kappa shape index (κ1) is 17.0. The van der Waals surface area contributed by atoms with Gasteiger partial charge in [0.1, 0.15) is 11.6 Å². The minimum Gasteiger partial charge on any atom is -0.341 e. The first-order valence-electron chi connectivity index (χ1n) is 9.32. The first-order chi connectivity index (χ1) is 12.8. The van der Waals surface area contributed by atoms with E-state index in [1.165, 1.54) is 37.0 Å². The molecule has 1 N–H and O–H groups in total. The van der Waals surface area contributed by atoms with E-state index in [4.69, 9.17) is 0 Å². The average Bonchev–Trinajstić information content (AvgIpc) is 3.13. The normalized spacial score (nSPS) is 16.0. The fraction of sp³-hybridized carbons (Fsp3) is 0.318. The lowest BCUT2D eigenvalue weighted by atomic mass is 9.90. The summed E-state index contributed by atoms with van der Waals surface area (Å²) < 4.78 is 13.4. The van der Waals surface area contributed by atoms with Crippen molar-refractivity contribution in [3.8, 4) is 11.4 Å². The van der Waals surface area contributed by atoms with Crippen LogP contribution in [-0.2, 0) is 13.0 Å². The summed E-state index contributed by atoms with van der Waals surface area (Å²) in [6.07, 6.45) is 5.53. The second kappa shape index (κ2) is 7.83. The van der Waals surface area contributed by atoms with Crippen LogP contribution in [0.5, 0.6) is 0 Å². The zero-order valence-corrected chi connectivity index (χ0v) is 14.9. The van der Waals surface area contributed by atoms with Crippen molar-refractivity contribution in [1.82, 2.24) is 14.9 Å². The summed E-state index contributed by atoms with van der Waals surface area (Å²) in [4.78, 5) is 10.2. The second-order valence-electron chi connectivity index (χ2n) is 7.18. The van der Waals surface area contributed by atoms with Crippen LogP contribution in [0, 0.1) is 11.7 Å². The highest BCUT2D eigenvalue weighted by atomic mass is 19.1. The highest BCUT2D eigenvalue weighted by Gasteiger charge is 2.20. The number of likely N-dealkylation sites (tertiary alicyclic amines) is 1. The summed E-state index contributed by atoms with van der Waals surface area (Å²) >= 11 is 0. The van der Waals surface area contributed by atoms with Crippen molar-refractivity contribution in [2.24, 2.45) is 5.92 Å². The molecule has 1 aromatic heterocycles. The molecule has 3 aromatic rings. The molecule has 0 aliphatic carbocycles. The predicted molar refractivity (Wildman–Crippen MR) is 102 cm³/mol. The van der Waals surface area contributed by atoms with E-state index < -0.39 is 0 Å². The van der Waals surface area contributed by atoms with Gasteiger partial charge < -0.3 is 4.98 Å². The van der Waals surface area contributed by atoms with Crippen molar-refractivity contribution >= 4 is 0 Å². The monoisotopic (exact) mass is 349 g/mol. The van der Waals surface area contributed by atoms with Gasteiger partial charge in [-0.05, 0) is 56.0 Å². The number of aromatic amines is 1. The summed E-state index contributed by atoms with van der Waals surface area (Å²) in [7, 11) is 0.